The number of ether oxygens (including phenoxy) is 2. The summed E-state index contributed by atoms with van der Waals surface area (Å²) in [4.78, 5) is 10.8. The third-order valence-electron chi connectivity index (χ3n) is 3.66. The summed E-state index contributed by atoms with van der Waals surface area (Å²) >= 11 is 0. The van der Waals surface area contributed by atoms with Gasteiger partial charge in [0.25, 0.3) is 0 Å². The van der Waals surface area contributed by atoms with Crippen LogP contribution in [0.5, 0.6) is 11.5 Å². The Hall–Kier alpha value is -2.88. The molecule has 0 aromatic heterocycles. The third-order valence-corrected chi connectivity index (χ3v) is 3.66. The summed E-state index contributed by atoms with van der Waals surface area (Å²) in [5.74, 6) is -13.2. The first-order valence-corrected chi connectivity index (χ1v) is 7.45. The molecule has 0 saturated heterocycles. The molecule has 0 bridgehead atoms. The number of carboxylic acids is 1. The minimum absolute atomic E-state index is 0.0607. The molecule has 0 saturated carbocycles. The summed E-state index contributed by atoms with van der Waals surface area (Å²) in [6.45, 7) is -0.600. The van der Waals surface area contributed by atoms with Gasteiger partial charge in [0.15, 0.2) is 5.75 Å². The molecular weight excluding hydrogens is 377 g/mol. The first-order chi connectivity index (χ1) is 12.7. The van der Waals surface area contributed by atoms with Crippen LogP contribution < -0.4 is 15.2 Å². The van der Waals surface area contributed by atoms with E-state index in [1.54, 1.807) is 0 Å². The van der Waals surface area contributed by atoms with Crippen LogP contribution in [0.25, 0.3) is 0 Å². The number of carboxylic acid groups (broad SMARTS) is 1. The molecule has 5 nitrogen and oxygen atoms in total. The van der Waals surface area contributed by atoms with Crippen LogP contribution in [0.1, 0.15) is 11.1 Å². The van der Waals surface area contributed by atoms with Crippen LogP contribution in [0.2, 0.25) is 0 Å². The summed E-state index contributed by atoms with van der Waals surface area (Å²) in [6, 6.07) is 3.15. The quantitative estimate of drug-likeness (QED) is 0.431. The van der Waals surface area contributed by atoms with Gasteiger partial charge in [0.1, 0.15) is 18.4 Å². The van der Waals surface area contributed by atoms with Gasteiger partial charge in [-0.1, -0.05) is 6.07 Å². The second-order valence-electron chi connectivity index (χ2n) is 5.48. The fourth-order valence-electron chi connectivity index (χ4n) is 2.27. The van der Waals surface area contributed by atoms with Crippen molar-refractivity contribution in [1.29, 1.82) is 0 Å². The Morgan fingerprint density at radius 2 is 1.63 bits per heavy atom. The Kier molecular flexibility index (Phi) is 6.21. The van der Waals surface area contributed by atoms with Crippen LogP contribution in [0.3, 0.4) is 0 Å². The zero-order valence-electron chi connectivity index (χ0n) is 13.9. The Bertz CT molecular complexity index is 846. The van der Waals surface area contributed by atoms with E-state index in [9.17, 15) is 26.7 Å². The van der Waals surface area contributed by atoms with Crippen molar-refractivity contribution >= 4 is 5.97 Å². The molecule has 10 heteroatoms. The molecule has 27 heavy (non-hydrogen) atoms. The normalized spacial score (nSPS) is 12.0. The lowest BCUT2D eigenvalue weighted by Gasteiger charge is -2.14. The van der Waals surface area contributed by atoms with Gasteiger partial charge < -0.3 is 20.3 Å². The molecule has 2 aromatic carbocycles. The maximum Gasteiger partial charge on any atom is 0.320 e. The molecule has 2 rings (SSSR count). The number of methoxy groups -OCH3 is 1. The Labute approximate surface area is 150 Å². The highest BCUT2D eigenvalue weighted by atomic mass is 19.2. The van der Waals surface area contributed by atoms with Gasteiger partial charge in [-0.3, -0.25) is 4.79 Å². The molecule has 1 unspecified atom stereocenters. The molecular formula is C17H14F5NO4. The van der Waals surface area contributed by atoms with Crippen molar-refractivity contribution in [2.75, 3.05) is 7.11 Å². The molecule has 0 radical (unpaired) electrons. The number of nitrogens with two attached hydrogens (primary N) is 1. The van der Waals surface area contributed by atoms with E-state index in [2.05, 4.69) is 0 Å². The highest BCUT2D eigenvalue weighted by molar-refractivity contribution is 5.73. The Morgan fingerprint density at radius 1 is 1.07 bits per heavy atom. The minimum Gasteiger partial charge on any atom is -0.496 e. The van der Waals surface area contributed by atoms with Gasteiger partial charge in [-0.2, -0.15) is 8.78 Å². The van der Waals surface area contributed by atoms with Crippen molar-refractivity contribution in [3.8, 4) is 11.5 Å². The smallest absolute Gasteiger partial charge is 0.320 e. The highest BCUT2D eigenvalue weighted by Crippen LogP contribution is 2.31. The van der Waals surface area contributed by atoms with Gasteiger partial charge >= 0.3 is 5.97 Å². The number of hydrogen-bond acceptors (Lipinski definition) is 4. The van der Waals surface area contributed by atoms with E-state index in [4.69, 9.17) is 20.3 Å². The van der Waals surface area contributed by atoms with Crippen molar-refractivity contribution in [3.63, 3.8) is 0 Å². The zero-order valence-corrected chi connectivity index (χ0v) is 13.9. The largest absolute Gasteiger partial charge is 0.496 e. The van der Waals surface area contributed by atoms with E-state index >= 15 is 0 Å². The van der Waals surface area contributed by atoms with Crippen LogP contribution in [0.4, 0.5) is 22.0 Å². The van der Waals surface area contributed by atoms with E-state index in [1.807, 2.05) is 0 Å². The zero-order chi connectivity index (χ0) is 20.3. The predicted molar refractivity (Wildman–Crippen MR) is 82.9 cm³/mol. The van der Waals surface area contributed by atoms with Crippen molar-refractivity contribution in [1.82, 2.24) is 0 Å². The van der Waals surface area contributed by atoms with Crippen LogP contribution in [-0.4, -0.2) is 24.2 Å². The standard InChI is InChI=1S/C17H14F5NO4/c1-26-10-3-2-7(5-9(23)17(24)25)4-8(10)6-27-16-14(21)12(19)11(18)13(20)15(16)22/h2-4,9H,5-6,23H2,1H3,(H,24,25). The minimum atomic E-state index is -2.29. The summed E-state index contributed by atoms with van der Waals surface area (Å²) in [5, 5.41) is 8.84. The lowest BCUT2D eigenvalue weighted by atomic mass is 10.0. The first-order valence-electron chi connectivity index (χ1n) is 7.45. The number of rotatable bonds is 7. The molecule has 0 heterocycles. The average Bonchev–Trinajstić information content (AvgIpc) is 2.64. The van der Waals surface area contributed by atoms with Gasteiger partial charge in [0.2, 0.25) is 29.1 Å². The van der Waals surface area contributed by atoms with Gasteiger partial charge in [0.05, 0.1) is 7.11 Å². The fraction of sp³-hybridized carbons (Fsp3) is 0.235. The fourth-order valence-corrected chi connectivity index (χ4v) is 2.27. The summed E-state index contributed by atoms with van der Waals surface area (Å²) < 4.78 is 76.7. The van der Waals surface area contributed by atoms with Crippen molar-refractivity contribution in [2.24, 2.45) is 5.73 Å². The third kappa shape index (κ3) is 4.27. The monoisotopic (exact) mass is 391 g/mol. The van der Waals surface area contributed by atoms with E-state index in [1.165, 1.54) is 25.3 Å². The average molecular weight is 391 g/mol. The molecule has 0 aliphatic carbocycles. The van der Waals surface area contributed by atoms with Crippen LogP contribution in [0, 0.1) is 29.1 Å². The van der Waals surface area contributed by atoms with Crippen molar-refractivity contribution in [3.05, 3.63) is 58.4 Å². The van der Waals surface area contributed by atoms with Gasteiger partial charge in [-0.05, 0) is 24.1 Å². The second kappa shape index (κ2) is 8.21. The number of hydrogen-bond donors (Lipinski definition) is 2. The molecule has 0 fully saturated rings. The SMILES string of the molecule is COc1ccc(CC(N)C(=O)O)cc1COc1c(F)c(F)c(F)c(F)c1F. The summed E-state index contributed by atoms with van der Waals surface area (Å²) in [5.41, 5.74) is 6.08. The molecule has 0 aliphatic heterocycles. The summed E-state index contributed by atoms with van der Waals surface area (Å²) in [7, 11) is 1.29. The first kappa shape index (κ1) is 20.4. The van der Waals surface area contributed by atoms with Crippen molar-refractivity contribution < 1.29 is 41.3 Å². The molecule has 3 N–H and O–H groups in total. The van der Waals surface area contributed by atoms with Crippen LogP contribution >= 0.6 is 0 Å². The highest BCUT2D eigenvalue weighted by Gasteiger charge is 2.27. The molecule has 2 aromatic rings. The number of aliphatic carboxylic acids is 1. The van der Waals surface area contributed by atoms with Gasteiger partial charge in [0, 0.05) is 5.56 Å². The van der Waals surface area contributed by atoms with Crippen LogP contribution in [-0.2, 0) is 17.8 Å². The van der Waals surface area contributed by atoms with Gasteiger partial charge in [-0.15, -0.1) is 0 Å². The maximum absolute atomic E-state index is 13.7. The number of carbonyl (C=O) groups is 1. The van der Waals surface area contributed by atoms with Crippen LogP contribution in [0.15, 0.2) is 18.2 Å². The molecule has 0 spiro atoms. The Balaban J connectivity index is 2.31. The topological polar surface area (TPSA) is 81.8 Å². The number of benzene rings is 2. The molecule has 0 amide bonds. The molecule has 1 atom stereocenters. The Morgan fingerprint density at radius 3 is 2.15 bits per heavy atom. The van der Waals surface area contributed by atoms with E-state index in [0.29, 0.717) is 5.56 Å². The number of halogens is 5. The lowest BCUT2D eigenvalue weighted by molar-refractivity contribution is -0.138. The summed E-state index contributed by atoms with van der Waals surface area (Å²) in [6.07, 6.45) is -0.0607. The maximum atomic E-state index is 13.7. The van der Waals surface area contributed by atoms with Gasteiger partial charge in [-0.25, -0.2) is 13.2 Å². The second-order valence-corrected chi connectivity index (χ2v) is 5.48. The molecule has 146 valence electrons. The lowest BCUT2D eigenvalue weighted by Crippen LogP contribution is -2.32. The van der Waals surface area contributed by atoms with E-state index in [-0.39, 0.29) is 17.7 Å². The van der Waals surface area contributed by atoms with E-state index in [0.717, 1.165) is 0 Å². The molecule has 0 aliphatic rings. The van der Waals surface area contributed by atoms with E-state index < -0.39 is 53.5 Å². The predicted octanol–water partition coefficient (Wildman–Crippen LogP) is 2.92. The van der Waals surface area contributed by atoms with Crippen molar-refractivity contribution in [2.45, 2.75) is 19.1 Å².